The number of hydrogen-bond acceptors (Lipinski definition) is 2. The van der Waals surface area contributed by atoms with Gasteiger partial charge in [-0.15, -0.1) is 0 Å². The molecule has 4 heteroatoms. The molecule has 0 unspecified atom stereocenters. The SMILES string of the molecule is Cc1onc(-c2ccc(F)cc2)c1Cn1cc2ccccc2c1. The molecule has 0 radical (unpaired) electrons. The molecule has 0 aliphatic carbocycles. The maximum atomic E-state index is 13.1. The monoisotopic (exact) mass is 306 g/mol. The fourth-order valence-corrected chi connectivity index (χ4v) is 2.83. The summed E-state index contributed by atoms with van der Waals surface area (Å²) in [4.78, 5) is 0. The van der Waals surface area contributed by atoms with E-state index in [1.807, 2.05) is 19.1 Å². The van der Waals surface area contributed by atoms with Gasteiger partial charge in [0, 0.05) is 23.5 Å². The lowest BCUT2D eigenvalue weighted by atomic mass is 10.1. The van der Waals surface area contributed by atoms with Crippen LogP contribution in [0.3, 0.4) is 0 Å². The van der Waals surface area contributed by atoms with E-state index in [0.29, 0.717) is 6.54 Å². The van der Waals surface area contributed by atoms with Crippen molar-refractivity contribution >= 4 is 10.8 Å². The van der Waals surface area contributed by atoms with E-state index in [1.54, 1.807) is 12.1 Å². The van der Waals surface area contributed by atoms with E-state index >= 15 is 0 Å². The Labute approximate surface area is 133 Å². The molecule has 0 aliphatic rings. The van der Waals surface area contributed by atoms with Gasteiger partial charge >= 0.3 is 0 Å². The zero-order valence-corrected chi connectivity index (χ0v) is 12.7. The summed E-state index contributed by atoms with van der Waals surface area (Å²) in [5, 5.41) is 6.55. The van der Waals surface area contributed by atoms with E-state index in [-0.39, 0.29) is 5.82 Å². The third kappa shape index (κ3) is 2.52. The topological polar surface area (TPSA) is 31.0 Å². The Morgan fingerprint density at radius 2 is 1.65 bits per heavy atom. The first-order chi connectivity index (χ1) is 11.2. The van der Waals surface area contributed by atoms with Crippen molar-refractivity contribution in [3.63, 3.8) is 0 Å². The maximum Gasteiger partial charge on any atom is 0.139 e. The van der Waals surface area contributed by atoms with E-state index in [4.69, 9.17) is 4.52 Å². The molecule has 2 heterocycles. The van der Waals surface area contributed by atoms with Gasteiger partial charge in [-0.1, -0.05) is 29.4 Å². The molecule has 0 saturated carbocycles. The highest BCUT2D eigenvalue weighted by Gasteiger charge is 2.15. The standard InChI is InChI=1S/C19H15FN2O/c1-13-18(12-22-10-15-4-2-3-5-16(15)11-22)19(21-23-13)14-6-8-17(20)9-7-14/h2-11H,12H2,1H3. The molecule has 23 heavy (non-hydrogen) atoms. The van der Waals surface area contributed by atoms with Crippen LogP contribution < -0.4 is 0 Å². The molecular formula is C19H15FN2O. The fraction of sp³-hybridized carbons (Fsp3) is 0.105. The molecule has 0 amide bonds. The lowest BCUT2D eigenvalue weighted by molar-refractivity contribution is 0.397. The van der Waals surface area contributed by atoms with Crippen LogP contribution in [0.15, 0.2) is 65.4 Å². The van der Waals surface area contributed by atoms with Gasteiger partial charge in [-0.05, 0) is 42.0 Å². The second-order valence-electron chi connectivity index (χ2n) is 5.63. The molecule has 3 nitrogen and oxygen atoms in total. The highest BCUT2D eigenvalue weighted by Crippen LogP contribution is 2.27. The quantitative estimate of drug-likeness (QED) is 0.545. The molecule has 0 spiro atoms. The highest BCUT2D eigenvalue weighted by atomic mass is 19.1. The summed E-state index contributed by atoms with van der Waals surface area (Å²) in [6, 6.07) is 14.6. The summed E-state index contributed by atoms with van der Waals surface area (Å²) in [6.45, 7) is 2.56. The van der Waals surface area contributed by atoms with Crippen LogP contribution >= 0.6 is 0 Å². The van der Waals surface area contributed by atoms with Crippen molar-refractivity contribution in [3.05, 3.63) is 78.1 Å². The van der Waals surface area contributed by atoms with Gasteiger partial charge < -0.3 is 9.09 Å². The summed E-state index contributed by atoms with van der Waals surface area (Å²) in [5.41, 5.74) is 2.63. The number of hydrogen-bond donors (Lipinski definition) is 0. The second kappa shape index (κ2) is 5.39. The van der Waals surface area contributed by atoms with Crippen LogP contribution in [0, 0.1) is 12.7 Å². The van der Waals surface area contributed by atoms with Gasteiger partial charge in [-0.2, -0.15) is 0 Å². The summed E-state index contributed by atoms with van der Waals surface area (Å²) in [6.07, 6.45) is 4.21. The largest absolute Gasteiger partial charge is 0.361 e. The predicted octanol–water partition coefficient (Wildman–Crippen LogP) is 4.79. The van der Waals surface area contributed by atoms with Gasteiger partial charge in [0.25, 0.3) is 0 Å². The molecule has 114 valence electrons. The van der Waals surface area contributed by atoms with E-state index in [9.17, 15) is 4.39 Å². The molecular weight excluding hydrogens is 291 g/mol. The normalized spacial score (nSPS) is 11.2. The minimum absolute atomic E-state index is 0.257. The maximum absolute atomic E-state index is 13.1. The Morgan fingerprint density at radius 3 is 2.30 bits per heavy atom. The third-order valence-electron chi connectivity index (χ3n) is 4.05. The smallest absolute Gasteiger partial charge is 0.139 e. The molecule has 0 aliphatic heterocycles. The van der Waals surface area contributed by atoms with Gasteiger partial charge in [0.2, 0.25) is 0 Å². The van der Waals surface area contributed by atoms with Crippen molar-refractivity contribution in [1.29, 1.82) is 0 Å². The molecule has 0 N–H and O–H groups in total. The minimum atomic E-state index is -0.257. The van der Waals surface area contributed by atoms with Gasteiger partial charge in [0.05, 0.1) is 6.54 Å². The average Bonchev–Trinajstić information content (AvgIpc) is 3.12. The fourth-order valence-electron chi connectivity index (χ4n) is 2.83. The van der Waals surface area contributed by atoms with Crippen molar-refractivity contribution < 1.29 is 8.91 Å². The minimum Gasteiger partial charge on any atom is -0.361 e. The van der Waals surface area contributed by atoms with E-state index in [1.165, 1.54) is 22.9 Å². The third-order valence-corrected chi connectivity index (χ3v) is 4.05. The zero-order chi connectivity index (χ0) is 15.8. The van der Waals surface area contributed by atoms with Crippen molar-refractivity contribution in [3.8, 4) is 11.3 Å². The van der Waals surface area contributed by atoms with Crippen LogP contribution in [0.5, 0.6) is 0 Å². The lowest BCUT2D eigenvalue weighted by Crippen LogP contribution is -1.98. The molecule has 2 aromatic heterocycles. The second-order valence-corrected chi connectivity index (χ2v) is 5.63. The number of aromatic nitrogens is 2. The number of benzene rings is 2. The highest BCUT2D eigenvalue weighted by molar-refractivity contribution is 5.82. The van der Waals surface area contributed by atoms with Crippen LogP contribution in [0.4, 0.5) is 4.39 Å². The molecule has 2 aromatic carbocycles. The Bertz CT molecular complexity index is 934. The molecule has 4 aromatic rings. The van der Waals surface area contributed by atoms with Gasteiger partial charge in [-0.3, -0.25) is 0 Å². The van der Waals surface area contributed by atoms with Crippen molar-refractivity contribution in [2.45, 2.75) is 13.5 Å². The lowest BCUT2D eigenvalue weighted by Gasteiger charge is -2.04. The number of rotatable bonds is 3. The van der Waals surface area contributed by atoms with Crippen LogP contribution in [-0.2, 0) is 6.54 Å². The summed E-state index contributed by atoms with van der Waals surface area (Å²) < 4.78 is 20.6. The van der Waals surface area contributed by atoms with E-state index in [2.05, 4.69) is 34.3 Å². The van der Waals surface area contributed by atoms with Crippen molar-refractivity contribution in [2.75, 3.05) is 0 Å². The molecule has 0 fully saturated rings. The number of aryl methyl sites for hydroxylation is 1. The van der Waals surface area contributed by atoms with Crippen LogP contribution in [0.2, 0.25) is 0 Å². The Morgan fingerprint density at radius 1 is 1.00 bits per heavy atom. The zero-order valence-electron chi connectivity index (χ0n) is 12.7. The molecule has 0 bridgehead atoms. The first-order valence-electron chi connectivity index (χ1n) is 7.46. The van der Waals surface area contributed by atoms with Gasteiger partial charge in [0.1, 0.15) is 17.3 Å². The first-order valence-corrected chi connectivity index (χ1v) is 7.46. The van der Waals surface area contributed by atoms with Crippen LogP contribution in [0.25, 0.3) is 22.0 Å². The van der Waals surface area contributed by atoms with E-state index in [0.717, 1.165) is 22.6 Å². The first kappa shape index (κ1) is 13.8. The summed E-state index contributed by atoms with van der Waals surface area (Å²) in [5.74, 6) is 0.522. The number of halogens is 1. The van der Waals surface area contributed by atoms with Crippen LogP contribution in [0.1, 0.15) is 11.3 Å². The van der Waals surface area contributed by atoms with Crippen LogP contribution in [-0.4, -0.2) is 9.72 Å². The van der Waals surface area contributed by atoms with Crippen molar-refractivity contribution in [2.24, 2.45) is 0 Å². The molecule has 0 atom stereocenters. The average molecular weight is 306 g/mol. The van der Waals surface area contributed by atoms with Gasteiger partial charge in [0.15, 0.2) is 0 Å². The predicted molar refractivity (Wildman–Crippen MR) is 87.7 cm³/mol. The van der Waals surface area contributed by atoms with E-state index < -0.39 is 0 Å². The Balaban J connectivity index is 1.74. The summed E-state index contributed by atoms with van der Waals surface area (Å²) in [7, 11) is 0. The Kier molecular flexibility index (Phi) is 3.23. The van der Waals surface area contributed by atoms with Gasteiger partial charge in [-0.25, -0.2) is 4.39 Å². The Hall–Kier alpha value is -2.88. The summed E-state index contributed by atoms with van der Waals surface area (Å²) >= 11 is 0. The van der Waals surface area contributed by atoms with Crippen molar-refractivity contribution in [1.82, 2.24) is 9.72 Å². The number of fused-ring (bicyclic) bond motifs is 1. The molecule has 4 rings (SSSR count). The number of nitrogens with zero attached hydrogens (tertiary/aromatic N) is 2. The molecule has 0 saturated heterocycles.